The second-order valence-electron chi connectivity index (χ2n) is 4.29. The van der Waals surface area contributed by atoms with E-state index in [9.17, 15) is 9.59 Å². The molecule has 0 heterocycles. The lowest BCUT2D eigenvalue weighted by atomic mass is 9.82. The standard InChI is InChI=1S/C12H19NO4/c1-2-8(7-14)13-11(15)9-5-3-4-6-10(9)12(16)17/h3-4,8-10,14H,2,5-7H2,1H3,(H,13,15)(H,16,17)/t8-,9+,10-/m0/s1. The van der Waals surface area contributed by atoms with Gasteiger partial charge in [0.15, 0.2) is 0 Å². The molecular formula is C12H19NO4. The monoisotopic (exact) mass is 241 g/mol. The van der Waals surface area contributed by atoms with E-state index in [0.717, 1.165) is 0 Å². The first-order chi connectivity index (χ1) is 8.10. The minimum Gasteiger partial charge on any atom is -0.481 e. The number of hydrogen-bond donors (Lipinski definition) is 3. The molecule has 0 aromatic carbocycles. The van der Waals surface area contributed by atoms with Crippen LogP contribution in [0.1, 0.15) is 26.2 Å². The molecule has 17 heavy (non-hydrogen) atoms. The number of nitrogens with one attached hydrogen (secondary N) is 1. The average molecular weight is 241 g/mol. The van der Waals surface area contributed by atoms with E-state index in [1.807, 2.05) is 13.0 Å². The van der Waals surface area contributed by atoms with E-state index in [4.69, 9.17) is 10.2 Å². The van der Waals surface area contributed by atoms with Gasteiger partial charge in [-0.1, -0.05) is 19.1 Å². The molecule has 1 aliphatic carbocycles. The maximum absolute atomic E-state index is 11.9. The number of allylic oxidation sites excluding steroid dienone is 2. The van der Waals surface area contributed by atoms with Gasteiger partial charge in [-0.2, -0.15) is 0 Å². The molecule has 0 saturated carbocycles. The van der Waals surface area contributed by atoms with Crippen molar-refractivity contribution in [3.8, 4) is 0 Å². The van der Waals surface area contributed by atoms with Crippen LogP contribution in [0.25, 0.3) is 0 Å². The molecule has 0 aromatic heterocycles. The number of carbonyl (C=O) groups is 2. The molecule has 0 saturated heterocycles. The molecule has 0 bridgehead atoms. The number of carboxylic acids is 1. The van der Waals surface area contributed by atoms with Crippen LogP contribution in [-0.2, 0) is 9.59 Å². The van der Waals surface area contributed by atoms with Gasteiger partial charge in [0.1, 0.15) is 0 Å². The lowest BCUT2D eigenvalue weighted by molar-refractivity contribution is -0.147. The maximum Gasteiger partial charge on any atom is 0.307 e. The summed E-state index contributed by atoms with van der Waals surface area (Å²) in [5.41, 5.74) is 0. The average Bonchev–Trinajstić information content (AvgIpc) is 2.35. The number of aliphatic hydroxyl groups excluding tert-OH is 1. The van der Waals surface area contributed by atoms with Crippen LogP contribution in [0.2, 0.25) is 0 Å². The first-order valence-electron chi connectivity index (χ1n) is 5.89. The molecular weight excluding hydrogens is 222 g/mol. The van der Waals surface area contributed by atoms with Gasteiger partial charge < -0.3 is 15.5 Å². The largest absolute Gasteiger partial charge is 0.481 e. The summed E-state index contributed by atoms with van der Waals surface area (Å²) in [5, 5.41) is 20.7. The topological polar surface area (TPSA) is 86.6 Å². The van der Waals surface area contributed by atoms with Crippen molar-refractivity contribution < 1.29 is 19.8 Å². The molecule has 0 fully saturated rings. The van der Waals surface area contributed by atoms with Crippen molar-refractivity contribution in [3.05, 3.63) is 12.2 Å². The molecule has 3 atom stereocenters. The Bertz CT molecular complexity index is 310. The van der Waals surface area contributed by atoms with Crippen molar-refractivity contribution in [2.24, 2.45) is 11.8 Å². The zero-order valence-electron chi connectivity index (χ0n) is 9.93. The van der Waals surface area contributed by atoms with E-state index >= 15 is 0 Å². The third kappa shape index (κ3) is 3.56. The summed E-state index contributed by atoms with van der Waals surface area (Å²) in [6, 6.07) is -0.289. The number of rotatable bonds is 5. The Kier molecular flexibility index (Phi) is 5.15. The Morgan fingerprint density at radius 2 is 1.94 bits per heavy atom. The van der Waals surface area contributed by atoms with Gasteiger partial charge >= 0.3 is 5.97 Å². The van der Waals surface area contributed by atoms with Crippen LogP contribution in [-0.4, -0.2) is 34.7 Å². The van der Waals surface area contributed by atoms with E-state index in [2.05, 4.69) is 5.32 Å². The molecule has 0 aromatic rings. The molecule has 0 aliphatic heterocycles. The van der Waals surface area contributed by atoms with Gasteiger partial charge in [0.2, 0.25) is 5.91 Å². The SMILES string of the molecule is CC[C@@H](CO)NC(=O)[C@@H]1CC=CC[C@@H]1C(=O)O. The quantitative estimate of drug-likeness (QED) is 0.613. The Morgan fingerprint density at radius 3 is 2.41 bits per heavy atom. The summed E-state index contributed by atoms with van der Waals surface area (Å²) in [6.07, 6.45) is 5.10. The fourth-order valence-electron chi connectivity index (χ4n) is 1.96. The Labute approximate surface area is 101 Å². The van der Waals surface area contributed by atoms with E-state index in [1.165, 1.54) is 0 Å². The number of amides is 1. The van der Waals surface area contributed by atoms with Gasteiger partial charge in [0.25, 0.3) is 0 Å². The van der Waals surface area contributed by atoms with Crippen molar-refractivity contribution in [3.63, 3.8) is 0 Å². The highest BCUT2D eigenvalue weighted by atomic mass is 16.4. The number of carboxylic acid groups (broad SMARTS) is 1. The smallest absolute Gasteiger partial charge is 0.307 e. The summed E-state index contributed by atoms with van der Waals surface area (Å²) < 4.78 is 0. The number of hydrogen-bond acceptors (Lipinski definition) is 3. The molecule has 1 amide bonds. The summed E-state index contributed by atoms with van der Waals surface area (Å²) in [6.45, 7) is 1.74. The van der Waals surface area contributed by atoms with Crippen LogP contribution in [0.5, 0.6) is 0 Å². The van der Waals surface area contributed by atoms with E-state index < -0.39 is 17.8 Å². The Balaban J connectivity index is 2.66. The minimum atomic E-state index is -0.938. The van der Waals surface area contributed by atoms with Crippen molar-refractivity contribution in [1.82, 2.24) is 5.32 Å². The molecule has 0 spiro atoms. The maximum atomic E-state index is 11.9. The molecule has 5 heteroatoms. The fourth-order valence-corrected chi connectivity index (χ4v) is 1.96. The van der Waals surface area contributed by atoms with Crippen molar-refractivity contribution >= 4 is 11.9 Å². The molecule has 96 valence electrons. The molecule has 1 rings (SSSR count). The first kappa shape index (κ1) is 13.7. The van der Waals surface area contributed by atoms with Gasteiger partial charge in [0.05, 0.1) is 24.5 Å². The highest BCUT2D eigenvalue weighted by molar-refractivity contribution is 5.85. The van der Waals surface area contributed by atoms with Crippen LogP contribution in [0.4, 0.5) is 0 Å². The molecule has 0 unspecified atom stereocenters. The fraction of sp³-hybridized carbons (Fsp3) is 0.667. The zero-order chi connectivity index (χ0) is 12.8. The predicted molar refractivity (Wildman–Crippen MR) is 62.3 cm³/mol. The van der Waals surface area contributed by atoms with Crippen molar-refractivity contribution in [2.45, 2.75) is 32.2 Å². The van der Waals surface area contributed by atoms with Crippen molar-refractivity contribution in [2.75, 3.05) is 6.61 Å². The Hall–Kier alpha value is -1.36. The van der Waals surface area contributed by atoms with Crippen LogP contribution >= 0.6 is 0 Å². The minimum absolute atomic E-state index is 0.122. The molecule has 3 N–H and O–H groups in total. The van der Waals surface area contributed by atoms with Crippen molar-refractivity contribution in [1.29, 1.82) is 0 Å². The van der Waals surface area contributed by atoms with E-state index in [-0.39, 0.29) is 18.6 Å². The third-order valence-corrected chi connectivity index (χ3v) is 3.15. The van der Waals surface area contributed by atoms with Crippen LogP contribution < -0.4 is 5.32 Å². The lowest BCUT2D eigenvalue weighted by Gasteiger charge is -2.26. The van der Waals surface area contributed by atoms with Crippen LogP contribution in [0.3, 0.4) is 0 Å². The van der Waals surface area contributed by atoms with Crippen LogP contribution in [0, 0.1) is 11.8 Å². The van der Waals surface area contributed by atoms with E-state index in [0.29, 0.717) is 19.3 Å². The predicted octanol–water partition coefficient (Wildman–Crippen LogP) is 0.541. The summed E-state index contributed by atoms with van der Waals surface area (Å²) in [4.78, 5) is 23.0. The molecule has 1 aliphatic rings. The summed E-state index contributed by atoms with van der Waals surface area (Å²) >= 11 is 0. The third-order valence-electron chi connectivity index (χ3n) is 3.15. The second kappa shape index (κ2) is 6.39. The summed E-state index contributed by atoms with van der Waals surface area (Å²) in [5.74, 6) is -2.40. The van der Waals surface area contributed by atoms with Gasteiger partial charge in [-0.15, -0.1) is 0 Å². The highest BCUT2D eigenvalue weighted by Crippen LogP contribution is 2.26. The van der Waals surface area contributed by atoms with Gasteiger partial charge in [-0.05, 0) is 19.3 Å². The molecule has 0 radical (unpaired) electrons. The van der Waals surface area contributed by atoms with Crippen LogP contribution in [0.15, 0.2) is 12.2 Å². The second-order valence-corrected chi connectivity index (χ2v) is 4.29. The van der Waals surface area contributed by atoms with Gasteiger partial charge in [-0.3, -0.25) is 9.59 Å². The lowest BCUT2D eigenvalue weighted by Crippen LogP contribution is -2.44. The Morgan fingerprint density at radius 1 is 1.35 bits per heavy atom. The van der Waals surface area contributed by atoms with E-state index in [1.54, 1.807) is 6.08 Å². The number of aliphatic hydroxyl groups is 1. The number of carbonyl (C=O) groups excluding carboxylic acids is 1. The van der Waals surface area contributed by atoms with Gasteiger partial charge in [0, 0.05) is 0 Å². The highest BCUT2D eigenvalue weighted by Gasteiger charge is 2.34. The normalized spacial score (nSPS) is 25.3. The zero-order valence-corrected chi connectivity index (χ0v) is 9.93. The number of aliphatic carboxylic acids is 1. The van der Waals surface area contributed by atoms with Gasteiger partial charge in [-0.25, -0.2) is 0 Å². The summed E-state index contributed by atoms with van der Waals surface area (Å²) in [7, 11) is 0. The molecule has 5 nitrogen and oxygen atoms in total. The first-order valence-corrected chi connectivity index (χ1v) is 5.89.